The summed E-state index contributed by atoms with van der Waals surface area (Å²) in [6, 6.07) is 10.0. The highest BCUT2D eigenvalue weighted by Crippen LogP contribution is 2.34. The number of allylic oxidation sites excluding steroid dienone is 4. The lowest BCUT2D eigenvalue weighted by Gasteiger charge is -2.19. The van der Waals surface area contributed by atoms with E-state index < -0.39 is 0 Å². The zero-order chi connectivity index (χ0) is 16.8. The van der Waals surface area contributed by atoms with E-state index in [-0.39, 0.29) is 11.1 Å². The highest BCUT2D eigenvalue weighted by Gasteiger charge is 2.33. The van der Waals surface area contributed by atoms with Gasteiger partial charge in [-0.3, -0.25) is 9.59 Å². The highest BCUT2D eigenvalue weighted by atomic mass is 127. The average Bonchev–Trinajstić information content (AvgIpc) is 2.80. The number of benzene rings is 1. The van der Waals surface area contributed by atoms with Gasteiger partial charge in [-0.25, -0.2) is 3.11 Å². The molecule has 1 aromatic rings. The molecule has 6 heteroatoms. The second kappa shape index (κ2) is 8.35. The first-order valence-electron chi connectivity index (χ1n) is 7.16. The van der Waals surface area contributed by atoms with Gasteiger partial charge in [0.25, 0.3) is 5.91 Å². The van der Waals surface area contributed by atoms with Gasteiger partial charge in [0.15, 0.2) is 0 Å². The Hall–Kier alpha value is -1.54. The van der Waals surface area contributed by atoms with Crippen LogP contribution in [0.1, 0.15) is 13.8 Å². The van der Waals surface area contributed by atoms with Crippen molar-refractivity contribution in [3.05, 3.63) is 65.2 Å². The molecule has 0 atom stereocenters. The molecular formula is C17H17IN2O2S. The van der Waals surface area contributed by atoms with Crippen LogP contribution in [-0.4, -0.2) is 20.8 Å². The maximum Gasteiger partial charge on any atom is 0.302 e. The van der Waals surface area contributed by atoms with Gasteiger partial charge in [0.05, 0.1) is 27.8 Å². The number of carbonyl (C=O) groups is 2. The van der Waals surface area contributed by atoms with Crippen LogP contribution in [0.2, 0.25) is 0 Å². The number of para-hydroxylation sites is 1. The number of rotatable bonds is 5. The zero-order valence-corrected chi connectivity index (χ0v) is 15.9. The van der Waals surface area contributed by atoms with Gasteiger partial charge in [-0.2, -0.15) is 0 Å². The number of nitrogens with zero attached hydrogens (tertiary/aromatic N) is 2. The number of imide groups is 1. The Bertz CT molecular complexity index is 683. The molecule has 0 unspecified atom stereocenters. The number of hydrogen-bond acceptors (Lipinski definition) is 4. The van der Waals surface area contributed by atoms with E-state index in [0.717, 1.165) is 32.7 Å². The summed E-state index contributed by atoms with van der Waals surface area (Å²) in [7, 11) is 0. The lowest BCUT2D eigenvalue weighted by atomic mass is 10.2. The molecule has 1 aromatic carbocycles. The van der Waals surface area contributed by atoms with Crippen LogP contribution in [0.15, 0.2) is 65.2 Å². The van der Waals surface area contributed by atoms with Crippen LogP contribution in [0.5, 0.6) is 0 Å². The number of amides is 2. The van der Waals surface area contributed by atoms with Crippen molar-refractivity contribution in [2.75, 3.05) is 11.4 Å². The van der Waals surface area contributed by atoms with Crippen LogP contribution in [0, 0.1) is 0 Å². The van der Waals surface area contributed by atoms with Crippen molar-refractivity contribution in [2.24, 2.45) is 0 Å². The third kappa shape index (κ3) is 4.48. The molecule has 23 heavy (non-hydrogen) atoms. The van der Waals surface area contributed by atoms with E-state index in [1.807, 2.05) is 55.6 Å². The number of carbonyl (C=O) groups excluding carboxylic acids is 2. The van der Waals surface area contributed by atoms with E-state index in [9.17, 15) is 9.59 Å². The highest BCUT2D eigenvalue weighted by molar-refractivity contribution is 14.1. The van der Waals surface area contributed by atoms with Crippen LogP contribution < -0.4 is 4.90 Å². The molecule has 1 fully saturated rings. The molecule has 4 nitrogen and oxygen atoms in total. The van der Waals surface area contributed by atoms with E-state index in [2.05, 4.69) is 11.8 Å². The van der Waals surface area contributed by atoms with Gasteiger partial charge in [0.2, 0.25) is 0 Å². The fourth-order valence-electron chi connectivity index (χ4n) is 2.07. The van der Waals surface area contributed by atoms with Crippen LogP contribution in [0.25, 0.3) is 0 Å². The van der Waals surface area contributed by atoms with Crippen molar-refractivity contribution in [3.63, 3.8) is 0 Å². The van der Waals surface area contributed by atoms with Gasteiger partial charge in [0.1, 0.15) is 0 Å². The summed E-state index contributed by atoms with van der Waals surface area (Å²) >= 11 is 2.70. The predicted molar refractivity (Wildman–Crippen MR) is 104 cm³/mol. The van der Waals surface area contributed by atoms with E-state index in [1.54, 1.807) is 28.9 Å². The topological polar surface area (TPSA) is 40.6 Å². The molecule has 120 valence electrons. The van der Waals surface area contributed by atoms with E-state index in [1.165, 1.54) is 0 Å². The molecule has 1 heterocycles. The minimum Gasteiger partial charge on any atom is -0.348 e. The van der Waals surface area contributed by atoms with Gasteiger partial charge in [-0.15, -0.1) is 0 Å². The molecule has 1 aliphatic rings. The fourth-order valence-corrected chi connectivity index (χ4v) is 3.51. The molecule has 0 radical (unpaired) electrons. The van der Waals surface area contributed by atoms with Crippen molar-refractivity contribution in [1.29, 1.82) is 0 Å². The Labute approximate surface area is 154 Å². The first kappa shape index (κ1) is 17.8. The molecule has 0 aliphatic carbocycles. The summed E-state index contributed by atoms with van der Waals surface area (Å²) in [5.41, 5.74) is 1.95. The SMILES string of the molecule is C/C=C/C(/C=C1\SC(=O)N(I)C1=O)=C\N(CC)c1ccccc1. The van der Waals surface area contributed by atoms with Crippen molar-refractivity contribution in [3.8, 4) is 0 Å². The maximum atomic E-state index is 12.0. The Balaban J connectivity index is 2.34. The monoisotopic (exact) mass is 440 g/mol. The first-order valence-corrected chi connectivity index (χ1v) is 8.95. The van der Waals surface area contributed by atoms with E-state index in [4.69, 9.17) is 0 Å². The lowest BCUT2D eigenvalue weighted by Crippen LogP contribution is -2.16. The summed E-state index contributed by atoms with van der Waals surface area (Å²) in [5, 5.41) is -0.253. The average molecular weight is 440 g/mol. The second-order valence-corrected chi connectivity index (χ2v) is 6.67. The summed E-state index contributed by atoms with van der Waals surface area (Å²) in [6.45, 7) is 4.78. The molecule has 2 amide bonds. The Morgan fingerprint density at radius 3 is 2.52 bits per heavy atom. The van der Waals surface area contributed by atoms with Gasteiger partial charge >= 0.3 is 5.24 Å². The fraction of sp³-hybridized carbons (Fsp3) is 0.176. The summed E-state index contributed by atoms with van der Waals surface area (Å²) < 4.78 is 1.11. The molecule has 0 N–H and O–H groups in total. The van der Waals surface area contributed by atoms with Gasteiger partial charge in [-0.05, 0) is 49.4 Å². The summed E-state index contributed by atoms with van der Waals surface area (Å²) in [5.74, 6) is -0.265. The third-order valence-corrected chi connectivity index (χ3v) is 5.21. The molecule has 0 saturated carbocycles. The number of halogens is 1. The van der Waals surface area contributed by atoms with Crippen LogP contribution in [0.3, 0.4) is 0 Å². The van der Waals surface area contributed by atoms with Gasteiger partial charge < -0.3 is 4.90 Å². The van der Waals surface area contributed by atoms with Gasteiger partial charge in [0, 0.05) is 18.4 Å². The molecular weight excluding hydrogens is 423 g/mol. The lowest BCUT2D eigenvalue weighted by molar-refractivity contribution is -0.118. The summed E-state index contributed by atoms with van der Waals surface area (Å²) in [4.78, 5) is 26.2. The van der Waals surface area contributed by atoms with E-state index >= 15 is 0 Å². The number of anilines is 1. The Morgan fingerprint density at radius 2 is 2.00 bits per heavy atom. The molecule has 0 bridgehead atoms. The van der Waals surface area contributed by atoms with Crippen molar-refractivity contribution < 1.29 is 9.59 Å². The molecule has 0 aromatic heterocycles. The second-order valence-electron chi connectivity index (χ2n) is 4.71. The van der Waals surface area contributed by atoms with Crippen molar-refractivity contribution in [2.45, 2.75) is 13.8 Å². The van der Waals surface area contributed by atoms with Crippen LogP contribution >= 0.6 is 34.6 Å². The smallest absolute Gasteiger partial charge is 0.302 e. The predicted octanol–water partition coefficient (Wildman–Crippen LogP) is 4.90. The van der Waals surface area contributed by atoms with Crippen molar-refractivity contribution >= 4 is 51.5 Å². The molecule has 2 rings (SSSR count). The third-order valence-electron chi connectivity index (χ3n) is 3.14. The molecule has 1 saturated heterocycles. The summed E-state index contributed by atoms with van der Waals surface area (Å²) in [6.07, 6.45) is 7.58. The largest absolute Gasteiger partial charge is 0.348 e. The Kier molecular flexibility index (Phi) is 6.47. The standard InChI is InChI=1S/C17H17IN2O2S/c1-3-8-13(11-15-16(21)20(18)17(22)23-15)12-19(4-2)14-9-6-5-7-10-14/h3,5-12H,4H2,1-2H3/b8-3+,13-12+,15-11-. The molecule has 0 spiro atoms. The van der Waals surface area contributed by atoms with E-state index in [0.29, 0.717) is 4.91 Å². The molecule has 1 aliphatic heterocycles. The zero-order valence-electron chi connectivity index (χ0n) is 12.9. The normalized spacial score (nSPS) is 17.6. The minimum absolute atomic E-state index is 0.253. The first-order chi connectivity index (χ1) is 11.1. The number of hydrogen-bond donors (Lipinski definition) is 0. The van der Waals surface area contributed by atoms with Crippen LogP contribution in [0.4, 0.5) is 10.5 Å². The Morgan fingerprint density at radius 1 is 1.30 bits per heavy atom. The van der Waals surface area contributed by atoms with Crippen molar-refractivity contribution in [1.82, 2.24) is 3.11 Å². The maximum absolute atomic E-state index is 12.0. The number of thioether (sulfide) groups is 1. The quantitative estimate of drug-likeness (QED) is 0.283. The van der Waals surface area contributed by atoms with Gasteiger partial charge in [-0.1, -0.05) is 30.4 Å². The van der Waals surface area contributed by atoms with Crippen LogP contribution in [-0.2, 0) is 4.79 Å². The minimum atomic E-state index is -0.265.